The fourth-order valence-corrected chi connectivity index (χ4v) is 2.64. The summed E-state index contributed by atoms with van der Waals surface area (Å²) in [6.45, 7) is 3.72. The maximum absolute atomic E-state index is 13.7. The van der Waals surface area contributed by atoms with Gasteiger partial charge in [-0.05, 0) is 30.9 Å². The third-order valence-corrected chi connectivity index (χ3v) is 3.82. The van der Waals surface area contributed by atoms with Gasteiger partial charge in [0.1, 0.15) is 17.7 Å². The van der Waals surface area contributed by atoms with Crippen molar-refractivity contribution >= 4 is 11.9 Å². The van der Waals surface area contributed by atoms with E-state index >= 15 is 0 Å². The van der Waals surface area contributed by atoms with Crippen LogP contribution in [0.2, 0.25) is 0 Å². The average Bonchev–Trinajstić information content (AvgIpc) is 3.17. The van der Waals surface area contributed by atoms with Gasteiger partial charge in [0, 0.05) is 17.4 Å². The SMILES string of the molecule is CC(C)CC(NC(=O)C1CC1c1c(F)cccc1F)C(=O)O. The number of hydrogen-bond acceptors (Lipinski definition) is 2. The normalized spacial score (nSPS) is 21.5. The number of halogens is 2. The Balaban J connectivity index is 2.02. The van der Waals surface area contributed by atoms with Gasteiger partial charge in [-0.3, -0.25) is 4.79 Å². The second-order valence-electron chi connectivity index (χ2n) is 6.11. The molecule has 0 radical (unpaired) electrons. The summed E-state index contributed by atoms with van der Waals surface area (Å²) in [6, 6.07) is 2.61. The summed E-state index contributed by atoms with van der Waals surface area (Å²) < 4.78 is 27.3. The molecule has 120 valence electrons. The Kier molecular flexibility index (Phi) is 4.78. The number of nitrogens with one attached hydrogen (secondary N) is 1. The second kappa shape index (κ2) is 6.42. The van der Waals surface area contributed by atoms with Crippen molar-refractivity contribution in [3.8, 4) is 0 Å². The lowest BCUT2D eigenvalue weighted by atomic mass is 10.0. The second-order valence-corrected chi connectivity index (χ2v) is 6.11. The molecule has 3 atom stereocenters. The molecule has 1 aromatic carbocycles. The number of carboxylic acids is 1. The Hall–Kier alpha value is -1.98. The minimum atomic E-state index is -1.10. The first-order chi connectivity index (χ1) is 10.3. The zero-order valence-corrected chi connectivity index (χ0v) is 12.5. The van der Waals surface area contributed by atoms with Crippen LogP contribution in [-0.4, -0.2) is 23.0 Å². The van der Waals surface area contributed by atoms with Crippen LogP contribution in [0.15, 0.2) is 18.2 Å². The number of amides is 1. The number of carbonyl (C=O) groups is 2. The zero-order valence-electron chi connectivity index (χ0n) is 12.5. The molecule has 0 spiro atoms. The lowest BCUT2D eigenvalue weighted by molar-refractivity contribution is -0.142. The van der Waals surface area contributed by atoms with E-state index in [1.807, 2.05) is 13.8 Å². The van der Waals surface area contributed by atoms with Crippen molar-refractivity contribution in [3.63, 3.8) is 0 Å². The van der Waals surface area contributed by atoms with Crippen LogP contribution in [0.1, 0.15) is 38.2 Å². The van der Waals surface area contributed by atoms with E-state index in [4.69, 9.17) is 5.11 Å². The first-order valence-corrected chi connectivity index (χ1v) is 7.28. The summed E-state index contributed by atoms with van der Waals surface area (Å²) in [4.78, 5) is 23.2. The van der Waals surface area contributed by atoms with Crippen LogP contribution < -0.4 is 5.32 Å². The van der Waals surface area contributed by atoms with Gasteiger partial charge in [0.2, 0.25) is 5.91 Å². The molecule has 0 aliphatic heterocycles. The number of benzene rings is 1. The molecule has 0 bridgehead atoms. The number of hydrogen-bond donors (Lipinski definition) is 2. The molecular formula is C16H19F2NO3. The monoisotopic (exact) mass is 311 g/mol. The molecule has 1 aliphatic carbocycles. The molecule has 6 heteroatoms. The molecule has 4 nitrogen and oxygen atoms in total. The van der Waals surface area contributed by atoms with Gasteiger partial charge >= 0.3 is 5.97 Å². The van der Waals surface area contributed by atoms with Crippen LogP contribution in [0.3, 0.4) is 0 Å². The topological polar surface area (TPSA) is 66.4 Å². The molecule has 3 unspecified atom stereocenters. The van der Waals surface area contributed by atoms with E-state index in [9.17, 15) is 18.4 Å². The Labute approximate surface area is 127 Å². The Morgan fingerprint density at radius 2 is 1.91 bits per heavy atom. The number of carbonyl (C=O) groups excluding carboxylic acids is 1. The summed E-state index contributed by atoms with van der Waals surface area (Å²) in [5.41, 5.74) is -0.0848. The predicted molar refractivity (Wildman–Crippen MR) is 76.2 cm³/mol. The molecule has 1 saturated carbocycles. The van der Waals surface area contributed by atoms with Crippen molar-refractivity contribution in [3.05, 3.63) is 35.4 Å². The Morgan fingerprint density at radius 1 is 1.32 bits per heavy atom. The number of aliphatic carboxylic acids is 1. The van der Waals surface area contributed by atoms with Crippen LogP contribution in [0.4, 0.5) is 8.78 Å². The van der Waals surface area contributed by atoms with Crippen LogP contribution in [-0.2, 0) is 9.59 Å². The zero-order chi connectivity index (χ0) is 16.4. The van der Waals surface area contributed by atoms with Gasteiger partial charge in [-0.2, -0.15) is 0 Å². The molecule has 1 amide bonds. The highest BCUT2D eigenvalue weighted by Gasteiger charge is 2.47. The van der Waals surface area contributed by atoms with E-state index in [2.05, 4.69) is 5.32 Å². The Morgan fingerprint density at radius 3 is 2.41 bits per heavy atom. The largest absolute Gasteiger partial charge is 0.480 e. The average molecular weight is 311 g/mol. The van der Waals surface area contributed by atoms with E-state index < -0.39 is 41.4 Å². The predicted octanol–water partition coefficient (Wildman–Crippen LogP) is 2.68. The highest BCUT2D eigenvalue weighted by molar-refractivity contribution is 5.87. The molecular weight excluding hydrogens is 292 g/mol. The third-order valence-electron chi connectivity index (χ3n) is 3.82. The summed E-state index contributed by atoms with van der Waals surface area (Å²) in [6.07, 6.45) is 0.643. The number of carboxylic acid groups (broad SMARTS) is 1. The van der Waals surface area contributed by atoms with Crippen molar-refractivity contribution in [2.75, 3.05) is 0 Å². The van der Waals surface area contributed by atoms with Crippen LogP contribution in [0.25, 0.3) is 0 Å². The Bertz CT molecular complexity index is 569. The lowest BCUT2D eigenvalue weighted by Gasteiger charge is -2.16. The van der Waals surface area contributed by atoms with Gasteiger partial charge in [-0.15, -0.1) is 0 Å². The standard InChI is InChI=1S/C16H19F2NO3/c1-8(2)6-13(16(21)22)19-15(20)10-7-9(10)14-11(17)4-3-5-12(14)18/h3-5,8-10,13H,6-7H2,1-2H3,(H,19,20)(H,21,22). The first kappa shape index (κ1) is 16.4. The summed E-state index contributed by atoms with van der Waals surface area (Å²) in [7, 11) is 0. The van der Waals surface area contributed by atoms with Gasteiger partial charge in [0.05, 0.1) is 0 Å². The minimum Gasteiger partial charge on any atom is -0.480 e. The molecule has 1 aromatic rings. The van der Waals surface area contributed by atoms with Crippen molar-refractivity contribution in [2.45, 2.75) is 38.6 Å². The molecule has 0 aromatic heterocycles. The van der Waals surface area contributed by atoms with E-state index in [-0.39, 0.29) is 11.5 Å². The molecule has 0 heterocycles. The summed E-state index contributed by atoms with van der Waals surface area (Å²) in [5.74, 6) is -3.87. The molecule has 0 saturated heterocycles. The van der Waals surface area contributed by atoms with E-state index in [0.717, 1.165) is 12.1 Å². The van der Waals surface area contributed by atoms with Crippen LogP contribution in [0.5, 0.6) is 0 Å². The van der Waals surface area contributed by atoms with Gasteiger partial charge < -0.3 is 10.4 Å². The van der Waals surface area contributed by atoms with Gasteiger partial charge in [0.15, 0.2) is 0 Å². The third kappa shape index (κ3) is 3.61. The van der Waals surface area contributed by atoms with Crippen molar-refractivity contribution in [2.24, 2.45) is 11.8 Å². The fraction of sp³-hybridized carbons (Fsp3) is 0.500. The molecule has 22 heavy (non-hydrogen) atoms. The fourth-order valence-electron chi connectivity index (χ4n) is 2.64. The van der Waals surface area contributed by atoms with Gasteiger partial charge in [0.25, 0.3) is 0 Å². The van der Waals surface area contributed by atoms with E-state index in [1.54, 1.807) is 0 Å². The highest BCUT2D eigenvalue weighted by atomic mass is 19.1. The molecule has 1 fully saturated rings. The maximum atomic E-state index is 13.7. The van der Waals surface area contributed by atoms with Crippen molar-refractivity contribution in [1.29, 1.82) is 0 Å². The van der Waals surface area contributed by atoms with Gasteiger partial charge in [-0.25, -0.2) is 13.6 Å². The molecule has 2 rings (SSSR count). The van der Waals surface area contributed by atoms with Crippen molar-refractivity contribution < 1.29 is 23.5 Å². The summed E-state index contributed by atoms with van der Waals surface area (Å²) >= 11 is 0. The van der Waals surface area contributed by atoms with Gasteiger partial charge in [-0.1, -0.05) is 19.9 Å². The van der Waals surface area contributed by atoms with Crippen LogP contribution >= 0.6 is 0 Å². The number of rotatable bonds is 6. The lowest BCUT2D eigenvalue weighted by Crippen LogP contribution is -2.42. The first-order valence-electron chi connectivity index (χ1n) is 7.28. The molecule has 1 aliphatic rings. The quantitative estimate of drug-likeness (QED) is 0.849. The van der Waals surface area contributed by atoms with Crippen molar-refractivity contribution in [1.82, 2.24) is 5.32 Å². The minimum absolute atomic E-state index is 0.0848. The maximum Gasteiger partial charge on any atom is 0.326 e. The van der Waals surface area contributed by atoms with E-state index in [0.29, 0.717) is 12.8 Å². The highest BCUT2D eigenvalue weighted by Crippen LogP contribution is 2.49. The van der Waals surface area contributed by atoms with Crippen LogP contribution in [0, 0.1) is 23.5 Å². The molecule has 2 N–H and O–H groups in total. The summed E-state index contributed by atoms with van der Waals surface area (Å²) in [5, 5.41) is 11.6. The van der Waals surface area contributed by atoms with E-state index in [1.165, 1.54) is 6.07 Å². The smallest absolute Gasteiger partial charge is 0.326 e.